The van der Waals surface area contributed by atoms with Gasteiger partial charge in [-0.25, -0.2) is 15.0 Å². The Balaban J connectivity index is 1.33. The van der Waals surface area contributed by atoms with Crippen LogP contribution in [-0.4, -0.2) is 50.7 Å². The van der Waals surface area contributed by atoms with Crippen LogP contribution >= 0.6 is 0 Å². The van der Waals surface area contributed by atoms with Gasteiger partial charge in [-0.2, -0.15) is 0 Å². The summed E-state index contributed by atoms with van der Waals surface area (Å²) in [6, 6.07) is 8.22. The predicted molar refractivity (Wildman–Crippen MR) is 105 cm³/mol. The van der Waals surface area contributed by atoms with E-state index in [4.69, 9.17) is 9.72 Å². The van der Waals surface area contributed by atoms with Crippen molar-refractivity contribution >= 4 is 17.0 Å². The topological polar surface area (TPSA) is 68.1 Å². The van der Waals surface area contributed by atoms with E-state index in [0.29, 0.717) is 5.95 Å². The highest BCUT2D eigenvalue weighted by atomic mass is 16.5. The number of aromatic nitrogens is 4. The molecular formula is C20H26N6O. The van der Waals surface area contributed by atoms with Crippen molar-refractivity contribution in [1.29, 1.82) is 0 Å². The smallest absolute Gasteiger partial charge is 0.222 e. The number of benzene rings is 1. The zero-order valence-electron chi connectivity index (χ0n) is 15.9. The van der Waals surface area contributed by atoms with Gasteiger partial charge in [-0.3, -0.25) is 4.90 Å². The molecule has 7 heteroatoms. The van der Waals surface area contributed by atoms with Crippen molar-refractivity contribution in [1.82, 2.24) is 24.4 Å². The third-order valence-corrected chi connectivity index (χ3v) is 4.96. The summed E-state index contributed by atoms with van der Waals surface area (Å²) in [5.41, 5.74) is 3.28. The van der Waals surface area contributed by atoms with Crippen molar-refractivity contribution in [2.24, 2.45) is 7.05 Å². The number of nitrogens with one attached hydrogen (secondary N) is 1. The van der Waals surface area contributed by atoms with Gasteiger partial charge in [0.2, 0.25) is 5.95 Å². The molecule has 0 bridgehead atoms. The number of rotatable bonds is 7. The summed E-state index contributed by atoms with van der Waals surface area (Å²) in [5, 5.41) is 3.26. The average molecular weight is 366 g/mol. The van der Waals surface area contributed by atoms with Crippen LogP contribution in [0.2, 0.25) is 0 Å². The summed E-state index contributed by atoms with van der Waals surface area (Å²) in [5.74, 6) is 1.71. The second kappa shape index (κ2) is 8.02. The van der Waals surface area contributed by atoms with Crippen LogP contribution in [-0.2, 0) is 24.9 Å². The van der Waals surface area contributed by atoms with Gasteiger partial charge < -0.3 is 14.6 Å². The number of para-hydroxylation sites is 2. The van der Waals surface area contributed by atoms with E-state index >= 15 is 0 Å². The maximum absolute atomic E-state index is 5.61. The van der Waals surface area contributed by atoms with Crippen LogP contribution in [0.15, 0.2) is 36.7 Å². The van der Waals surface area contributed by atoms with Crippen LogP contribution in [0, 0.1) is 0 Å². The van der Waals surface area contributed by atoms with Gasteiger partial charge in [0.1, 0.15) is 5.82 Å². The Morgan fingerprint density at radius 3 is 2.78 bits per heavy atom. The zero-order chi connectivity index (χ0) is 18.6. The van der Waals surface area contributed by atoms with Gasteiger partial charge in [0.05, 0.1) is 23.7 Å². The first-order valence-electron chi connectivity index (χ1n) is 9.44. The maximum atomic E-state index is 5.61. The fourth-order valence-corrected chi connectivity index (χ4v) is 3.48. The minimum absolute atomic E-state index is 0.285. The molecule has 3 aromatic rings. The number of fused-ring (bicyclic) bond motifs is 1. The number of aryl methyl sites for hydroxylation is 1. The fourth-order valence-electron chi connectivity index (χ4n) is 3.48. The van der Waals surface area contributed by atoms with Crippen molar-refractivity contribution in [3.05, 3.63) is 48.0 Å². The molecule has 142 valence electrons. The lowest BCUT2D eigenvalue weighted by Crippen LogP contribution is -2.21. The van der Waals surface area contributed by atoms with Gasteiger partial charge in [0, 0.05) is 44.7 Å². The Bertz CT molecular complexity index is 885. The molecule has 0 saturated carbocycles. The SMILES string of the molecule is CN(Cc1cnc(NC[C@@H]2CCCO2)nc1)Cc1nc2ccccc2n1C. The van der Waals surface area contributed by atoms with E-state index in [1.54, 1.807) is 0 Å². The first-order valence-corrected chi connectivity index (χ1v) is 9.44. The molecule has 0 unspecified atom stereocenters. The summed E-state index contributed by atoms with van der Waals surface area (Å²) < 4.78 is 7.76. The lowest BCUT2D eigenvalue weighted by atomic mass is 10.2. The molecule has 2 aromatic heterocycles. The van der Waals surface area contributed by atoms with E-state index in [1.165, 1.54) is 0 Å². The molecule has 1 atom stereocenters. The number of anilines is 1. The summed E-state index contributed by atoms with van der Waals surface area (Å²) in [6.45, 7) is 3.18. The van der Waals surface area contributed by atoms with Crippen molar-refractivity contribution in [3.8, 4) is 0 Å². The van der Waals surface area contributed by atoms with Crippen LogP contribution in [0.5, 0.6) is 0 Å². The minimum Gasteiger partial charge on any atom is -0.376 e. The van der Waals surface area contributed by atoms with Crippen molar-refractivity contribution in [2.75, 3.05) is 25.5 Å². The maximum Gasteiger partial charge on any atom is 0.222 e. The molecule has 1 saturated heterocycles. The zero-order valence-corrected chi connectivity index (χ0v) is 15.9. The molecule has 0 amide bonds. The minimum atomic E-state index is 0.285. The van der Waals surface area contributed by atoms with Crippen LogP contribution in [0.1, 0.15) is 24.2 Å². The van der Waals surface area contributed by atoms with Crippen LogP contribution in [0.4, 0.5) is 5.95 Å². The summed E-state index contributed by atoms with van der Waals surface area (Å²) in [4.78, 5) is 15.8. The highest BCUT2D eigenvalue weighted by Gasteiger charge is 2.15. The fraction of sp³-hybridized carbons (Fsp3) is 0.450. The molecule has 1 fully saturated rings. The molecule has 1 N–H and O–H groups in total. The third-order valence-electron chi connectivity index (χ3n) is 4.96. The molecule has 7 nitrogen and oxygen atoms in total. The third kappa shape index (κ3) is 4.26. The molecule has 1 aromatic carbocycles. The summed E-state index contributed by atoms with van der Waals surface area (Å²) in [7, 11) is 4.15. The van der Waals surface area contributed by atoms with Gasteiger partial charge in [-0.15, -0.1) is 0 Å². The molecule has 3 heterocycles. The lowest BCUT2D eigenvalue weighted by molar-refractivity contribution is 0.120. The Labute approximate surface area is 159 Å². The normalized spacial score (nSPS) is 17.1. The number of hydrogen-bond donors (Lipinski definition) is 1. The van der Waals surface area contributed by atoms with Crippen LogP contribution in [0.25, 0.3) is 11.0 Å². The Hall–Kier alpha value is -2.51. The van der Waals surface area contributed by atoms with E-state index < -0.39 is 0 Å². The van der Waals surface area contributed by atoms with Gasteiger partial charge in [-0.05, 0) is 32.0 Å². The first-order chi connectivity index (χ1) is 13.2. The molecule has 1 aliphatic heterocycles. The largest absolute Gasteiger partial charge is 0.376 e. The quantitative estimate of drug-likeness (QED) is 0.693. The van der Waals surface area contributed by atoms with Gasteiger partial charge in [0.25, 0.3) is 0 Å². The molecule has 27 heavy (non-hydrogen) atoms. The second-order valence-electron chi connectivity index (χ2n) is 7.18. The van der Waals surface area contributed by atoms with Crippen LogP contribution in [0.3, 0.4) is 0 Å². The van der Waals surface area contributed by atoms with Crippen LogP contribution < -0.4 is 5.32 Å². The monoisotopic (exact) mass is 366 g/mol. The number of imidazole rings is 1. The van der Waals surface area contributed by atoms with E-state index in [0.717, 1.165) is 61.5 Å². The molecule has 1 aliphatic rings. The average Bonchev–Trinajstić information content (AvgIpc) is 3.30. The van der Waals surface area contributed by atoms with E-state index in [2.05, 4.69) is 51.0 Å². The number of ether oxygens (including phenoxy) is 1. The Morgan fingerprint density at radius 2 is 2.04 bits per heavy atom. The van der Waals surface area contributed by atoms with Crippen molar-refractivity contribution in [2.45, 2.75) is 32.0 Å². The number of hydrogen-bond acceptors (Lipinski definition) is 6. The van der Waals surface area contributed by atoms with Gasteiger partial charge >= 0.3 is 0 Å². The highest BCUT2D eigenvalue weighted by molar-refractivity contribution is 5.75. The van der Waals surface area contributed by atoms with E-state index in [1.807, 2.05) is 24.5 Å². The highest BCUT2D eigenvalue weighted by Crippen LogP contribution is 2.16. The van der Waals surface area contributed by atoms with Gasteiger partial charge in [-0.1, -0.05) is 12.1 Å². The van der Waals surface area contributed by atoms with E-state index in [9.17, 15) is 0 Å². The van der Waals surface area contributed by atoms with Crippen molar-refractivity contribution < 1.29 is 4.74 Å². The lowest BCUT2D eigenvalue weighted by Gasteiger charge is -2.16. The molecule has 0 spiro atoms. The van der Waals surface area contributed by atoms with Crippen molar-refractivity contribution in [3.63, 3.8) is 0 Å². The van der Waals surface area contributed by atoms with Gasteiger partial charge in [0.15, 0.2) is 0 Å². The van der Waals surface area contributed by atoms with E-state index in [-0.39, 0.29) is 6.10 Å². The first kappa shape index (κ1) is 17.9. The predicted octanol–water partition coefficient (Wildman–Crippen LogP) is 2.59. The summed E-state index contributed by atoms with van der Waals surface area (Å²) in [6.07, 6.45) is 6.31. The molecule has 4 rings (SSSR count). The molecule has 0 aliphatic carbocycles. The molecular weight excluding hydrogens is 340 g/mol. The number of nitrogens with zero attached hydrogens (tertiary/aromatic N) is 5. The molecule has 0 radical (unpaired) electrons. The second-order valence-corrected chi connectivity index (χ2v) is 7.18. The standard InChI is InChI=1S/C20H26N6O/c1-25(14-19-24-17-7-3-4-8-18(17)26(19)2)13-15-10-21-20(22-11-15)23-12-16-6-5-9-27-16/h3-4,7-8,10-11,16H,5-6,9,12-14H2,1-2H3,(H,21,22,23)/t16-/m0/s1. The summed E-state index contributed by atoms with van der Waals surface area (Å²) >= 11 is 0. The Kier molecular flexibility index (Phi) is 5.31. The Morgan fingerprint density at radius 1 is 1.22 bits per heavy atom.